The number of fused-ring (bicyclic) bond motifs is 1. The van der Waals surface area contributed by atoms with E-state index in [0.29, 0.717) is 0 Å². The Balaban J connectivity index is 2.52. The molecule has 0 saturated heterocycles. The summed E-state index contributed by atoms with van der Waals surface area (Å²) in [5.41, 5.74) is 0.840. The van der Waals surface area contributed by atoms with Crippen LogP contribution in [0.4, 0.5) is 0 Å². The molecular formula is C7H6ClIO2. The van der Waals surface area contributed by atoms with Crippen LogP contribution in [0.15, 0.2) is 24.3 Å². The van der Waals surface area contributed by atoms with Crippen molar-refractivity contribution in [2.24, 2.45) is 0 Å². The molecule has 1 aromatic carbocycles. The number of hydrogen-bond acceptors (Lipinski definition) is 2. The topological polar surface area (TPSA) is 29.5 Å². The molecule has 0 bridgehead atoms. The zero-order valence-electron chi connectivity index (χ0n) is 5.50. The van der Waals surface area contributed by atoms with Gasteiger partial charge >= 0.3 is 75.9 Å². The fraction of sp³-hybridized carbons (Fsp3) is 0.143. The second kappa shape index (κ2) is 2.90. The molecule has 1 atom stereocenters. The number of hydrogen-bond donors (Lipinski definition) is 1. The van der Waals surface area contributed by atoms with Gasteiger partial charge in [0.05, 0.1) is 0 Å². The van der Waals surface area contributed by atoms with E-state index in [2.05, 4.69) is 0 Å². The van der Waals surface area contributed by atoms with Gasteiger partial charge in [0.25, 0.3) is 0 Å². The molecule has 4 heteroatoms. The number of aliphatic hydroxyl groups is 1. The molecule has 0 radical (unpaired) electrons. The zero-order chi connectivity index (χ0) is 7.84. The van der Waals surface area contributed by atoms with E-state index in [-0.39, 0.29) is 0 Å². The minimum atomic E-state index is -1.95. The van der Waals surface area contributed by atoms with Crippen LogP contribution in [0.25, 0.3) is 0 Å². The molecule has 1 unspecified atom stereocenters. The van der Waals surface area contributed by atoms with Gasteiger partial charge in [0.15, 0.2) is 0 Å². The monoisotopic (exact) mass is 284 g/mol. The zero-order valence-corrected chi connectivity index (χ0v) is 8.41. The van der Waals surface area contributed by atoms with E-state index in [4.69, 9.17) is 12.0 Å². The molecule has 2 nitrogen and oxygen atoms in total. The van der Waals surface area contributed by atoms with Gasteiger partial charge in [0.1, 0.15) is 0 Å². The van der Waals surface area contributed by atoms with Crippen LogP contribution in [0.3, 0.4) is 0 Å². The normalized spacial score (nSPS) is 25.3. The van der Waals surface area contributed by atoms with Gasteiger partial charge in [-0.15, -0.1) is 0 Å². The van der Waals surface area contributed by atoms with Crippen LogP contribution < -0.4 is 0 Å². The molecule has 60 valence electrons. The molecule has 1 aliphatic rings. The Morgan fingerprint density at radius 2 is 2.18 bits per heavy atom. The first kappa shape index (κ1) is 7.79. The Morgan fingerprint density at radius 3 is 2.91 bits per heavy atom. The fourth-order valence-electron chi connectivity index (χ4n) is 0.981. The van der Waals surface area contributed by atoms with E-state index in [1.165, 1.54) is 0 Å². The Bertz CT molecular complexity index is 252. The second-order valence-electron chi connectivity index (χ2n) is 2.17. The van der Waals surface area contributed by atoms with Crippen molar-refractivity contribution in [3.8, 4) is 0 Å². The second-order valence-corrected chi connectivity index (χ2v) is 6.76. The van der Waals surface area contributed by atoms with E-state index in [1.807, 2.05) is 24.3 Å². The Labute approximate surface area is 75.8 Å². The average Bonchev–Trinajstić information content (AvgIpc) is 2.30. The Kier molecular flexibility index (Phi) is 2.05. The van der Waals surface area contributed by atoms with Gasteiger partial charge in [-0.25, -0.2) is 0 Å². The molecule has 1 aliphatic heterocycles. The predicted octanol–water partition coefficient (Wildman–Crippen LogP) is 2.45. The molecule has 1 aromatic rings. The van der Waals surface area contributed by atoms with Gasteiger partial charge in [-0.05, 0) is 0 Å². The summed E-state index contributed by atoms with van der Waals surface area (Å²) in [6, 6.07) is 7.55. The maximum absolute atomic E-state index is 9.28. The Morgan fingerprint density at radius 1 is 1.45 bits per heavy atom. The van der Waals surface area contributed by atoms with E-state index in [0.717, 1.165) is 9.13 Å². The van der Waals surface area contributed by atoms with Crippen molar-refractivity contribution >= 4 is 28.0 Å². The van der Waals surface area contributed by atoms with Crippen LogP contribution in [0.5, 0.6) is 0 Å². The van der Waals surface area contributed by atoms with E-state index in [9.17, 15) is 5.11 Å². The number of aliphatic hydroxyl groups excluding tert-OH is 1. The summed E-state index contributed by atoms with van der Waals surface area (Å²) < 4.78 is 6.13. The molecule has 0 spiro atoms. The molecule has 0 saturated carbocycles. The molecule has 1 heterocycles. The minimum absolute atomic E-state index is 0.783. The molecule has 0 aromatic heterocycles. The quantitative estimate of drug-likeness (QED) is 0.742. The van der Waals surface area contributed by atoms with Crippen LogP contribution in [-0.4, -0.2) is 5.11 Å². The van der Waals surface area contributed by atoms with Crippen LogP contribution in [0.2, 0.25) is 0 Å². The van der Waals surface area contributed by atoms with Gasteiger partial charge < -0.3 is 0 Å². The summed E-state index contributed by atoms with van der Waals surface area (Å²) in [6.07, 6.45) is -0.783. The van der Waals surface area contributed by atoms with Gasteiger partial charge in [-0.3, -0.25) is 0 Å². The maximum atomic E-state index is 9.28. The van der Waals surface area contributed by atoms with Gasteiger partial charge in [0, 0.05) is 0 Å². The van der Waals surface area contributed by atoms with Crippen molar-refractivity contribution < 1.29 is 8.17 Å². The standard InChI is InChI=1S/C7H6ClIO2/c8-9-6-4-2-1-3-5(6)7(10)11-9/h1-4,7,10H. The molecule has 11 heavy (non-hydrogen) atoms. The first-order valence-corrected chi connectivity index (χ1v) is 7.79. The summed E-state index contributed by atoms with van der Waals surface area (Å²) in [6.45, 7) is 0. The van der Waals surface area contributed by atoms with E-state index in [1.54, 1.807) is 0 Å². The van der Waals surface area contributed by atoms with Crippen molar-refractivity contribution in [2.75, 3.05) is 0 Å². The van der Waals surface area contributed by atoms with Crippen molar-refractivity contribution in [1.82, 2.24) is 0 Å². The fourth-order valence-corrected chi connectivity index (χ4v) is 4.68. The van der Waals surface area contributed by atoms with Crippen LogP contribution in [0, 0.1) is 3.57 Å². The molecule has 0 amide bonds. The van der Waals surface area contributed by atoms with Gasteiger partial charge in [-0.2, -0.15) is 0 Å². The van der Waals surface area contributed by atoms with Gasteiger partial charge in [0.2, 0.25) is 0 Å². The SMILES string of the molecule is OC1OI(Cl)c2ccccc21. The van der Waals surface area contributed by atoms with Crippen molar-refractivity contribution in [2.45, 2.75) is 6.29 Å². The summed E-state index contributed by atoms with van der Waals surface area (Å²) >= 11 is -1.95. The predicted molar refractivity (Wildman–Crippen MR) is 51.1 cm³/mol. The summed E-state index contributed by atoms with van der Waals surface area (Å²) in [5, 5.41) is 9.28. The van der Waals surface area contributed by atoms with E-state index < -0.39 is 25.4 Å². The third kappa shape index (κ3) is 1.26. The van der Waals surface area contributed by atoms with Crippen LogP contribution in [0.1, 0.15) is 11.9 Å². The number of rotatable bonds is 0. The van der Waals surface area contributed by atoms with Crippen molar-refractivity contribution in [1.29, 1.82) is 0 Å². The first-order chi connectivity index (χ1) is 5.29. The molecule has 1 N–H and O–H groups in total. The molecule has 2 rings (SSSR count). The molecule has 0 aliphatic carbocycles. The number of halogens is 2. The number of benzene rings is 1. The van der Waals surface area contributed by atoms with Crippen LogP contribution >= 0.6 is 28.0 Å². The first-order valence-electron chi connectivity index (χ1n) is 3.10. The van der Waals surface area contributed by atoms with Crippen molar-refractivity contribution in [3.05, 3.63) is 33.4 Å². The van der Waals surface area contributed by atoms with Gasteiger partial charge in [-0.1, -0.05) is 0 Å². The van der Waals surface area contributed by atoms with E-state index >= 15 is 0 Å². The summed E-state index contributed by atoms with van der Waals surface area (Å²) in [7, 11) is 5.91. The average molecular weight is 284 g/mol. The third-order valence-corrected chi connectivity index (χ3v) is 5.80. The Hall–Kier alpha value is 0.160. The third-order valence-electron chi connectivity index (χ3n) is 1.49. The molecule has 0 fully saturated rings. The summed E-state index contributed by atoms with van der Waals surface area (Å²) in [5.74, 6) is 0. The molecular weight excluding hydrogens is 278 g/mol. The van der Waals surface area contributed by atoms with Crippen LogP contribution in [-0.2, 0) is 3.07 Å². The van der Waals surface area contributed by atoms with Crippen molar-refractivity contribution in [3.63, 3.8) is 0 Å². The summed E-state index contributed by atoms with van der Waals surface area (Å²) in [4.78, 5) is 0.